The van der Waals surface area contributed by atoms with Crippen LogP contribution in [0.4, 0.5) is 8.78 Å². The third-order valence-corrected chi connectivity index (χ3v) is 2.70. The Bertz CT molecular complexity index is 627. The van der Waals surface area contributed by atoms with Crippen molar-refractivity contribution in [3.05, 3.63) is 59.2 Å². The summed E-state index contributed by atoms with van der Waals surface area (Å²) in [5.74, 6) is -1.02. The van der Waals surface area contributed by atoms with Crippen LogP contribution in [0.5, 0.6) is 11.5 Å². The van der Waals surface area contributed by atoms with Crippen LogP contribution in [0.25, 0.3) is 0 Å². The molecule has 0 amide bonds. The van der Waals surface area contributed by atoms with Gasteiger partial charge in [0.15, 0.2) is 23.1 Å². The maximum atomic E-state index is 13.1. The Hall–Kier alpha value is -2.43. The van der Waals surface area contributed by atoms with Crippen molar-refractivity contribution in [2.45, 2.75) is 6.61 Å². The Morgan fingerprint density at radius 3 is 2.50 bits per heavy atom. The summed E-state index contributed by atoms with van der Waals surface area (Å²) in [6, 6.07) is 8.24. The maximum absolute atomic E-state index is 13.1. The summed E-state index contributed by atoms with van der Waals surface area (Å²) in [4.78, 5) is 10.7. The van der Waals surface area contributed by atoms with E-state index in [0.29, 0.717) is 28.9 Å². The SMILES string of the molecule is COc1ccc(C=O)cc1OCc1ccc(F)c(F)c1. The van der Waals surface area contributed by atoms with Gasteiger partial charge >= 0.3 is 0 Å². The molecular weight excluding hydrogens is 266 g/mol. The number of hydrogen-bond acceptors (Lipinski definition) is 3. The molecule has 0 bridgehead atoms. The minimum absolute atomic E-state index is 0.0376. The van der Waals surface area contributed by atoms with Crippen molar-refractivity contribution in [3.8, 4) is 11.5 Å². The van der Waals surface area contributed by atoms with Gasteiger partial charge in [-0.05, 0) is 35.9 Å². The highest BCUT2D eigenvalue weighted by atomic mass is 19.2. The van der Waals surface area contributed by atoms with E-state index in [0.717, 1.165) is 12.1 Å². The molecule has 0 radical (unpaired) electrons. The molecule has 0 aliphatic carbocycles. The van der Waals surface area contributed by atoms with E-state index in [1.807, 2.05) is 0 Å². The Balaban J connectivity index is 2.17. The zero-order chi connectivity index (χ0) is 14.5. The van der Waals surface area contributed by atoms with Gasteiger partial charge in [-0.3, -0.25) is 4.79 Å². The maximum Gasteiger partial charge on any atom is 0.162 e. The fourth-order valence-corrected chi connectivity index (χ4v) is 1.67. The van der Waals surface area contributed by atoms with E-state index in [-0.39, 0.29) is 6.61 Å². The fourth-order valence-electron chi connectivity index (χ4n) is 1.67. The predicted molar refractivity (Wildman–Crippen MR) is 69.1 cm³/mol. The van der Waals surface area contributed by atoms with Crippen LogP contribution in [-0.4, -0.2) is 13.4 Å². The predicted octanol–water partition coefficient (Wildman–Crippen LogP) is 3.36. The largest absolute Gasteiger partial charge is 0.493 e. The zero-order valence-corrected chi connectivity index (χ0v) is 10.7. The molecule has 0 unspecified atom stereocenters. The quantitative estimate of drug-likeness (QED) is 0.787. The minimum atomic E-state index is -0.931. The first-order valence-corrected chi connectivity index (χ1v) is 5.84. The minimum Gasteiger partial charge on any atom is -0.493 e. The summed E-state index contributed by atoms with van der Waals surface area (Å²) in [7, 11) is 1.47. The van der Waals surface area contributed by atoms with Gasteiger partial charge < -0.3 is 9.47 Å². The van der Waals surface area contributed by atoms with E-state index in [1.165, 1.54) is 19.2 Å². The van der Waals surface area contributed by atoms with Crippen LogP contribution in [0.1, 0.15) is 15.9 Å². The molecule has 0 heterocycles. The fraction of sp³-hybridized carbons (Fsp3) is 0.133. The number of rotatable bonds is 5. The van der Waals surface area contributed by atoms with E-state index >= 15 is 0 Å². The van der Waals surface area contributed by atoms with Crippen molar-refractivity contribution in [2.75, 3.05) is 7.11 Å². The summed E-state index contributed by atoms with van der Waals surface area (Å²) < 4.78 is 36.5. The number of aldehydes is 1. The monoisotopic (exact) mass is 278 g/mol. The molecule has 0 spiro atoms. The summed E-state index contributed by atoms with van der Waals surface area (Å²) in [6.07, 6.45) is 0.684. The molecule has 0 atom stereocenters. The molecule has 20 heavy (non-hydrogen) atoms. The second-order valence-electron chi connectivity index (χ2n) is 4.07. The Kier molecular flexibility index (Phi) is 4.30. The average molecular weight is 278 g/mol. The van der Waals surface area contributed by atoms with Gasteiger partial charge in [-0.2, -0.15) is 0 Å². The van der Waals surface area contributed by atoms with Gasteiger partial charge in [0, 0.05) is 5.56 Å². The smallest absolute Gasteiger partial charge is 0.162 e. The van der Waals surface area contributed by atoms with Crippen molar-refractivity contribution in [1.82, 2.24) is 0 Å². The molecule has 2 rings (SSSR count). The first-order valence-electron chi connectivity index (χ1n) is 5.84. The Labute approximate surface area is 114 Å². The standard InChI is InChI=1S/C15H12F2O3/c1-19-14-5-3-10(8-18)7-15(14)20-9-11-2-4-12(16)13(17)6-11/h2-8H,9H2,1H3. The molecule has 0 N–H and O–H groups in total. The van der Waals surface area contributed by atoms with Crippen LogP contribution in [0, 0.1) is 11.6 Å². The van der Waals surface area contributed by atoms with E-state index in [9.17, 15) is 13.6 Å². The van der Waals surface area contributed by atoms with E-state index in [2.05, 4.69) is 0 Å². The van der Waals surface area contributed by atoms with Gasteiger partial charge in [0.25, 0.3) is 0 Å². The van der Waals surface area contributed by atoms with E-state index in [1.54, 1.807) is 12.1 Å². The highest BCUT2D eigenvalue weighted by Crippen LogP contribution is 2.28. The number of hydrogen-bond donors (Lipinski definition) is 0. The van der Waals surface area contributed by atoms with Gasteiger partial charge in [0.2, 0.25) is 0 Å². The zero-order valence-electron chi connectivity index (χ0n) is 10.7. The highest BCUT2D eigenvalue weighted by Gasteiger charge is 2.07. The van der Waals surface area contributed by atoms with Crippen LogP contribution in [-0.2, 0) is 6.61 Å². The molecule has 5 heteroatoms. The first kappa shape index (κ1) is 14.0. The third-order valence-electron chi connectivity index (χ3n) is 2.70. The van der Waals surface area contributed by atoms with Crippen LogP contribution in [0.3, 0.4) is 0 Å². The topological polar surface area (TPSA) is 35.5 Å². The third kappa shape index (κ3) is 3.12. The van der Waals surface area contributed by atoms with Gasteiger partial charge in [-0.15, -0.1) is 0 Å². The van der Waals surface area contributed by atoms with Crippen molar-refractivity contribution in [2.24, 2.45) is 0 Å². The van der Waals surface area contributed by atoms with E-state index in [4.69, 9.17) is 9.47 Å². The van der Waals surface area contributed by atoms with E-state index < -0.39 is 11.6 Å². The lowest BCUT2D eigenvalue weighted by molar-refractivity contribution is 0.112. The Morgan fingerprint density at radius 2 is 1.85 bits per heavy atom. The molecule has 2 aromatic rings. The van der Waals surface area contributed by atoms with Crippen LogP contribution < -0.4 is 9.47 Å². The van der Waals surface area contributed by atoms with Gasteiger partial charge in [-0.25, -0.2) is 8.78 Å². The number of carbonyl (C=O) groups is 1. The lowest BCUT2D eigenvalue weighted by atomic mass is 10.2. The molecular formula is C15H12F2O3. The summed E-state index contributed by atoms with van der Waals surface area (Å²) >= 11 is 0. The second kappa shape index (κ2) is 6.14. The van der Waals surface area contributed by atoms with Crippen molar-refractivity contribution in [1.29, 1.82) is 0 Å². The lowest BCUT2D eigenvalue weighted by Crippen LogP contribution is -1.99. The molecule has 104 valence electrons. The molecule has 0 aliphatic heterocycles. The van der Waals surface area contributed by atoms with Crippen LogP contribution in [0.2, 0.25) is 0 Å². The number of methoxy groups -OCH3 is 1. The van der Waals surface area contributed by atoms with Gasteiger partial charge in [0.1, 0.15) is 12.9 Å². The lowest BCUT2D eigenvalue weighted by Gasteiger charge is -2.11. The van der Waals surface area contributed by atoms with Crippen LogP contribution in [0.15, 0.2) is 36.4 Å². The molecule has 0 aromatic heterocycles. The number of ether oxygens (including phenoxy) is 2. The summed E-state index contributed by atoms with van der Waals surface area (Å²) in [5.41, 5.74) is 0.911. The number of halogens is 2. The average Bonchev–Trinajstić information content (AvgIpc) is 2.48. The van der Waals surface area contributed by atoms with Crippen LogP contribution >= 0.6 is 0 Å². The number of benzene rings is 2. The summed E-state index contributed by atoms with van der Waals surface area (Å²) in [6.45, 7) is 0.0376. The molecule has 0 saturated carbocycles. The molecule has 0 aliphatic rings. The number of carbonyl (C=O) groups excluding carboxylic acids is 1. The van der Waals surface area contributed by atoms with Crippen molar-refractivity contribution >= 4 is 6.29 Å². The molecule has 0 saturated heterocycles. The van der Waals surface area contributed by atoms with Crippen molar-refractivity contribution in [3.63, 3.8) is 0 Å². The van der Waals surface area contributed by atoms with Crippen molar-refractivity contribution < 1.29 is 23.0 Å². The second-order valence-corrected chi connectivity index (χ2v) is 4.07. The normalized spacial score (nSPS) is 10.2. The Morgan fingerprint density at radius 1 is 1.05 bits per heavy atom. The molecule has 2 aromatic carbocycles. The first-order chi connectivity index (χ1) is 9.63. The summed E-state index contributed by atoms with van der Waals surface area (Å²) in [5, 5.41) is 0. The van der Waals surface area contributed by atoms with Gasteiger partial charge in [0.05, 0.1) is 7.11 Å². The molecule has 3 nitrogen and oxygen atoms in total. The highest BCUT2D eigenvalue weighted by molar-refractivity contribution is 5.76. The van der Waals surface area contributed by atoms with Gasteiger partial charge in [-0.1, -0.05) is 6.07 Å². The molecule has 0 fully saturated rings.